The fourth-order valence-corrected chi connectivity index (χ4v) is 10.0. The number of nitrogens with zero attached hydrogens (tertiary/aromatic N) is 1. The van der Waals surface area contributed by atoms with E-state index in [0.29, 0.717) is 91.2 Å². The van der Waals surface area contributed by atoms with Gasteiger partial charge in [0.1, 0.15) is 17.1 Å². The Morgan fingerprint density at radius 2 is 1.64 bits per heavy atom. The van der Waals surface area contributed by atoms with Gasteiger partial charge in [0.15, 0.2) is 8.32 Å². The number of H-pyrrole nitrogens is 1. The number of alkyl carbamates (subject to hydrolysis) is 1. The number of anilines is 2. The number of ether oxygens (including phenoxy) is 2. The van der Waals surface area contributed by atoms with Crippen LogP contribution in [0.5, 0.6) is 11.5 Å². The highest BCUT2D eigenvalue weighted by atomic mass is 35.5. The SMILES string of the molecule is COc1cc(NC(=O)NCCCc2ccc(-c3ccccc3)c(N(C(=O)O)C3CCC(NC(=O)OC(C)(C)C)CC3)c2)c(Cl)cc1CNC[C@@H](O[Si](C)(C)C(C)(C)C)c1ccc(O)c2[nH]c(=O)ccc12. The van der Waals surface area contributed by atoms with Crippen LogP contribution < -0.4 is 36.5 Å². The van der Waals surface area contributed by atoms with Crippen LogP contribution >= 0.6 is 11.6 Å². The molecule has 17 heteroatoms. The number of carbonyl (C=O) groups excluding carboxylic acids is 2. The van der Waals surface area contributed by atoms with Gasteiger partial charge in [0.05, 0.1) is 35.1 Å². The second kappa shape index (κ2) is 22.8. The first kappa shape index (κ1) is 53.3. The number of phenols is 1. The molecule has 0 spiro atoms. The van der Waals surface area contributed by atoms with Gasteiger partial charge >= 0.3 is 18.2 Å². The molecule has 0 radical (unpaired) electrons. The third kappa shape index (κ3) is 13.8. The van der Waals surface area contributed by atoms with Crippen LogP contribution in [0.15, 0.2) is 89.7 Å². The highest BCUT2D eigenvalue weighted by molar-refractivity contribution is 6.74. The predicted octanol–water partition coefficient (Wildman–Crippen LogP) is 11.5. The Morgan fingerprint density at radius 3 is 2.30 bits per heavy atom. The molecule has 15 nitrogen and oxygen atoms in total. The lowest BCUT2D eigenvalue weighted by atomic mass is 9.89. The van der Waals surface area contributed by atoms with Crippen LogP contribution in [0.2, 0.25) is 23.2 Å². The van der Waals surface area contributed by atoms with Crippen molar-refractivity contribution in [2.24, 2.45) is 0 Å². The van der Waals surface area contributed by atoms with Crippen molar-refractivity contribution in [1.29, 1.82) is 0 Å². The summed E-state index contributed by atoms with van der Waals surface area (Å²) < 4.78 is 18.2. The normalized spacial score (nSPS) is 15.7. The predicted molar refractivity (Wildman–Crippen MR) is 280 cm³/mol. The number of aromatic nitrogens is 1. The zero-order chi connectivity index (χ0) is 51.0. The maximum absolute atomic E-state index is 13.2. The quantitative estimate of drug-likeness (QED) is 0.0347. The zero-order valence-corrected chi connectivity index (χ0v) is 43.5. The van der Waals surface area contributed by atoms with Crippen LogP contribution in [0, 0.1) is 0 Å². The molecule has 4 aromatic carbocycles. The second-order valence-electron chi connectivity index (χ2n) is 20.4. The number of benzene rings is 4. The third-order valence-electron chi connectivity index (χ3n) is 13.1. The minimum absolute atomic E-state index is 0.0226. The largest absolute Gasteiger partial charge is 0.506 e. The van der Waals surface area contributed by atoms with Crippen molar-refractivity contribution >= 4 is 60.4 Å². The Balaban J connectivity index is 1.08. The first-order valence-corrected chi connectivity index (χ1v) is 27.2. The first-order chi connectivity index (χ1) is 33.0. The van der Waals surface area contributed by atoms with Crippen LogP contribution in [-0.4, -0.2) is 79.6 Å². The van der Waals surface area contributed by atoms with Crippen molar-refractivity contribution in [2.45, 2.75) is 129 Å². The van der Waals surface area contributed by atoms with Gasteiger partial charge in [-0.3, -0.25) is 9.69 Å². The van der Waals surface area contributed by atoms with Crippen LogP contribution in [0.4, 0.5) is 25.8 Å². The summed E-state index contributed by atoms with van der Waals surface area (Å²) in [4.78, 5) is 55.2. The van der Waals surface area contributed by atoms with Gasteiger partial charge in [0.2, 0.25) is 5.56 Å². The van der Waals surface area contributed by atoms with Crippen LogP contribution in [-0.2, 0) is 22.1 Å². The number of carbonyl (C=O) groups is 3. The minimum atomic E-state index is -2.31. The Kier molecular flexibility index (Phi) is 17.3. The van der Waals surface area contributed by atoms with Gasteiger partial charge in [-0.05, 0) is 118 Å². The van der Waals surface area contributed by atoms with E-state index in [9.17, 15) is 29.4 Å². The second-order valence-corrected chi connectivity index (χ2v) is 25.6. The number of phenolic OH excluding ortho intramolecular Hbond substituents is 1. The van der Waals surface area contributed by atoms with Gasteiger partial charge in [-0.25, -0.2) is 14.4 Å². The summed E-state index contributed by atoms with van der Waals surface area (Å²) in [5, 5.41) is 34.4. The van der Waals surface area contributed by atoms with E-state index in [4.69, 9.17) is 25.5 Å². The number of hydrogen-bond donors (Lipinski definition) is 7. The lowest BCUT2D eigenvalue weighted by Gasteiger charge is -2.39. The summed E-state index contributed by atoms with van der Waals surface area (Å²) in [6.07, 6.45) is 1.56. The highest BCUT2D eigenvalue weighted by Gasteiger charge is 2.40. The Morgan fingerprint density at radius 1 is 0.929 bits per heavy atom. The number of hydrogen-bond acceptors (Lipinski definition) is 9. The lowest BCUT2D eigenvalue weighted by molar-refractivity contribution is 0.0490. The third-order valence-corrected chi connectivity index (χ3v) is 17.9. The van der Waals surface area contributed by atoms with E-state index >= 15 is 0 Å². The molecule has 0 bridgehead atoms. The summed E-state index contributed by atoms with van der Waals surface area (Å²) in [6.45, 7) is 17.4. The molecule has 0 aliphatic heterocycles. The van der Waals surface area contributed by atoms with E-state index in [1.165, 1.54) is 11.0 Å². The minimum Gasteiger partial charge on any atom is -0.506 e. The van der Waals surface area contributed by atoms with E-state index in [1.807, 2.05) is 75.4 Å². The van der Waals surface area contributed by atoms with Gasteiger partial charge in [-0.15, -0.1) is 0 Å². The van der Waals surface area contributed by atoms with Crippen LogP contribution in [0.3, 0.4) is 0 Å². The number of fused-ring (bicyclic) bond motifs is 1. The van der Waals surface area contributed by atoms with E-state index in [1.54, 1.807) is 31.4 Å². The van der Waals surface area contributed by atoms with Gasteiger partial charge in [0.25, 0.3) is 0 Å². The molecule has 1 aliphatic carbocycles. The summed E-state index contributed by atoms with van der Waals surface area (Å²) in [5.74, 6) is 0.489. The number of aryl methyl sites for hydroxylation is 1. The number of carboxylic acid groups (broad SMARTS) is 1. The smallest absolute Gasteiger partial charge is 0.412 e. The molecule has 376 valence electrons. The van der Waals surface area contributed by atoms with E-state index in [2.05, 4.69) is 60.1 Å². The van der Waals surface area contributed by atoms with Gasteiger partial charge in [-0.1, -0.05) is 80.9 Å². The van der Waals surface area contributed by atoms with Crippen molar-refractivity contribution in [3.05, 3.63) is 117 Å². The molecule has 1 fully saturated rings. The number of aromatic amines is 1. The number of urea groups is 1. The number of rotatable bonds is 17. The molecule has 4 amide bonds. The summed E-state index contributed by atoms with van der Waals surface area (Å²) in [6, 6.07) is 24.7. The fourth-order valence-electron chi connectivity index (χ4n) is 8.51. The molecule has 1 saturated carbocycles. The maximum Gasteiger partial charge on any atom is 0.412 e. The number of nitrogens with one attached hydrogen (secondary N) is 5. The Hall–Kier alpha value is -6.07. The van der Waals surface area contributed by atoms with E-state index in [0.717, 1.165) is 27.8 Å². The summed E-state index contributed by atoms with van der Waals surface area (Å²) in [5.41, 5.74) is 4.59. The van der Waals surface area contributed by atoms with Crippen LogP contribution in [0.25, 0.3) is 22.0 Å². The lowest BCUT2D eigenvalue weighted by Crippen LogP contribution is -2.47. The van der Waals surface area contributed by atoms with E-state index in [-0.39, 0.29) is 28.4 Å². The molecule has 6 rings (SSSR count). The highest BCUT2D eigenvalue weighted by Crippen LogP contribution is 2.42. The molecule has 70 heavy (non-hydrogen) atoms. The standard InChI is InChI=1S/C53H69ClN6O9Si/c1-52(2,3)68-50(64)57-36-18-20-37(21-19-36)60(51(65)66)43-28-33(17-22-38(43)34-15-11-10-12-16-34)14-13-27-56-49(63)58-42-30-45(67-7)35(29-41(42)54)31-55-32-46(69-70(8,9)53(4,5)6)39-23-25-44(61)48-40(39)24-26-47(62)59-48/h10-12,15-17,22-26,28-30,36-37,46,55,61H,13-14,18-21,27,31-32H2,1-9H3,(H,57,64)(H,59,62)(H,65,66)(H2,56,58,63)/t36?,37?,46-/m1/s1. The van der Waals surface area contributed by atoms with Crippen molar-refractivity contribution < 1.29 is 38.5 Å². The average Bonchev–Trinajstić information content (AvgIpc) is 3.28. The van der Waals surface area contributed by atoms with Crippen molar-refractivity contribution in [2.75, 3.05) is 30.4 Å². The fraction of sp³-hybridized carbons (Fsp3) is 0.434. The number of pyridine rings is 1. The van der Waals surface area contributed by atoms with E-state index < -0.39 is 38.2 Å². The number of methoxy groups -OCH3 is 1. The molecular weight excluding hydrogens is 928 g/mol. The zero-order valence-electron chi connectivity index (χ0n) is 41.8. The van der Waals surface area contributed by atoms with Crippen LogP contribution in [0.1, 0.15) is 96.4 Å². The Bertz CT molecular complexity index is 2690. The topological polar surface area (TPSA) is 204 Å². The van der Waals surface area contributed by atoms with Gasteiger partial charge in [0, 0.05) is 60.4 Å². The first-order valence-electron chi connectivity index (χ1n) is 23.9. The van der Waals surface area contributed by atoms with Crippen molar-refractivity contribution in [3.8, 4) is 22.6 Å². The maximum atomic E-state index is 13.2. The molecule has 0 unspecified atom stereocenters. The Labute approximate surface area is 416 Å². The summed E-state index contributed by atoms with van der Waals surface area (Å²) >= 11 is 6.77. The molecule has 1 atom stereocenters. The van der Waals surface area contributed by atoms with Gasteiger partial charge < -0.3 is 50.4 Å². The molecule has 1 aromatic heterocycles. The molecule has 5 aromatic rings. The molecule has 1 heterocycles. The molecule has 7 N–H and O–H groups in total. The van der Waals surface area contributed by atoms with Gasteiger partial charge in [-0.2, -0.15) is 0 Å². The number of aromatic hydroxyl groups is 1. The molecule has 1 aliphatic rings. The molecule has 0 saturated heterocycles. The van der Waals surface area contributed by atoms with Crippen molar-refractivity contribution in [3.63, 3.8) is 0 Å². The average molecular weight is 998 g/mol. The number of amides is 4. The monoisotopic (exact) mass is 996 g/mol. The number of halogens is 1. The molecular formula is C53H69ClN6O9Si. The summed E-state index contributed by atoms with van der Waals surface area (Å²) in [7, 11) is -0.762. The van der Waals surface area contributed by atoms with Crippen molar-refractivity contribution in [1.82, 2.24) is 20.9 Å².